The second-order valence-corrected chi connectivity index (χ2v) is 5.98. The highest BCUT2D eigenvalue weighted by molar-refractivity contribution is 5.26. The van der Waals surface area contributed by atoms with Gasteiger partial charge < -0.3 is 9.47 Å². The molecule has 19 heavy (non-hydrogen) atoms. The van der Waals surface area contributed by atoms with Crippen molar-refractivity contribution >= 4 is 0 Å². The monoisotopic (exact) mass is 260 g/mol. The molecule has 1 aliphatic carbocycles. The molecule has 0 bridgehead atoms. The standard InChI is InChI=1S/C17H24O2/c1-3-4-14-5-7-15(8-6-14)16-9-11-17(12-10-16)18-13(2)19-17/h5-8,13,16H,3-4,9-12H2,1-2H3. The van der Waals surface area contributed by atoms with Crippen LogP contribution < -0.4 is 0 Å². The minimum absolute atomic E-state index is 0.00452. The van der Waals surface area contributed by atoms with Gasteiger partial charge in [0.25, 0.3) is 0 Å². The van der Waals surface area contributed by atoms with Crippen LogP contribution in [-0.4, -0.2) is 12.1 Å². The first kappa shape index (κ1) is 13.1. The third-order valence-corrected chi connectivity index (χ3v) is 4.50. The molecule has 3 rings (SSSR count). The van der Waals surface area contributed by atoms with Crippen LogP contribution in [0.5, 0.6) is 0 Å². The molecular formula is C17H24O2. The Hall–Kier alpha value is -0.860. The molecule has 1 spiro atoms. The highest BCUT2D eigenvalue weighted by atomic mass is 16.9. The molecule has 1 heterocycles. The van der Waals surface area contributed by atoms with E-state index in [9.17, 15) is 0 Å². The Kier molecular flexibility index (Phi) is 3.64. The van der Waals surface area contributed by atoms with E-state index in [0.29, 0.717) is 5.92 Å². The zero-order valence-corrected chi connectivity index (χ0v) is 12.0. The smallest absolute Gasteiger partial charge is 0.174 e. The number of hydrogen-bond donors (Lipinski definition) is 0. The molecule has 1 aromatic rings. The lowest BCUT2D eigenvalue weighted by Crippen LogP contribution is -2.53. The zero-order valence-electron chi connectivity index (χ0n) is 12.0. The second kappa shape index (κ2) is 5.26. The summed E-state index contributed by atoms with van der Waals surface area (Å²) in [5, 5.41) is 0. The van der Waals surface area contributed by atoms with Crippen LogP contribution in [0.4, 0.5) is 0 Å². The fourth-order valence-corrected chi connectivity index (χ4v) is 3.49. The van der Waals surface area contributed by atoms with Crippen molar-refractivity contribution in [2.24, 2.45) is 0 Å². The Morgan fingerprint density at radius 2 is 1.74 bits per heavy atom. The predicted octanol–water partition coefficient (Wildman–Crippen LogP) is 4.39. The van der Waals surface area contributed by atoms with Crippen LogP contribution in [0.1, 0.15) is 63.0 Å². The van der Waals surface area contributed by atoms with Gasteiger partial charge in [-0.3, -0.25) is 0 Å². The summed E-state index contributed by atoms with van der Waals surface area (Å²) in [5.41, 5.74) is 2.94. The Morgan fingerprint density at radius 1 is 1.11 bits per heavy atom. The largest absolute Gasteiger partial charge is 0.321 e. The highest BCUT2D eigenvalue weighted by Gasteiger charge is 2.47. The lowest BCUT2D eigenvalue weighted by atomic mass is 9.80. The molecule has 2 aliphatic rings. The van der Waals surface area contributed by atoms with Crippen LogP contribution in [0.25, 0.3) is 0 Å². The Balaban J connectivity index is 1.59. The summed E-state index contributed by atoms with van der Waals surface area (Å²) in [6.45, 7) is 4.21. The Morgan fingerprint density at radius 3 is 2.26 bits per heavy atom. The maximum atomic E-state index is 5.78. The van der Waals surface area contributed by atoms with Crippen LogP contribution >= 0.6 is 0 Å². The van der Waals surface area contributed by atoms with Gasteiger partial charge in [0.05, 0.1) is 0 Å². The molecule has 0 aromatic heterocycles. The van der Waals surface area contributed by atoms with E-state index >= 15 is 0 Å². The van der Waals surface area contributed by atoms with Gasteiger partial charge in [0.2, 0.25) is 0 Å². The molecule has 0 amide bonds. The van der Waals surface area contributed by atoms with Crippen LogP contribution in [0.2, 0.25) is 0 Å². The van der Waals surface area contributed by atoms with Gasteiger partial charge in [-0.1, -0.05) is 37.6 Å². The lowest BCUT2D eigenvalue weighted by Gasteiger charge is -2.49. The van der Waals surface area contributed by atoms with Crippen molar-refractivity contribution < 1.29 is 9.47 Å². The van der Waals surface area contributed by atoms with E-state index < -0.39 is 0 Å². The SMILES string of the molecule is CCCc1ccc(C2CCC3(CC2)OC(C)O3)cc1. The van der Waals surface area contributed by atoms with Crippen molar-refractivity contribution in [3.8, 4) is 0 Å². The normalized spacial score (nSPS) is 34.2. The summed E-state index contributed by atoms with van der Waals surface area (Å²) < 4.78 is 11.6. The van der Waals surface area contributed by atoms with Crippen molar-refractivity contribution in [2.75, 3.05) is 0 Å². The quantitative estimate of drug-likeness (QED) is 0.802. The first-order valence-electron chi connectivity index (χ1n) is 7.65. The first-order chi connectivity index (χ1) is 9.21. The fourth-order valence-electron chi connectivity index (χ4n) is 3.49. The zero-order chi connectivity index (χ0) is 13.3. The molecule has 104 valence electrons. The minimum Gasteiger partial charge on any atom is -0.321 e. The molecule has 2 nitrogen and oxygen atoms in total. The Bertz CT molecular complexity index is 407. The molecule has 0 unspecified atom stereocenters. The third-order valence-electron chi connectivity index (χ3n) is 4.50. The van der Waals surface area contributed by atoms with Gasteiger partial charge in [0, 0.05) is 12.8 Å². The van der Waals surface area contributed by atoms with Crippen molar-refractivity contribution in [3.05, 3.63) is 35.4 Å². The molecular weight excluding hydrogens is 236 g/mol. The van der Waals surface area contributed by atoms with Crippen molar-refractivity contribution in [1.82, 2.24) is 0 Å². The number of hydrogen-bond acceptors (Lipinski definition) is 2. The molecule has 0 radical (unpaired) electrons. The van der Waals surface area contributed by atoms with E-state index in [1.54, 1.807) is 0 Å². The highest BCUT2D eigenvalue weighted by Crippen LogP contribution is 2.46. The van der Waals surface area contributed by atoms with Crippen molar-refractivity contribution in [3.63, 3.8) is 0 Å². The molecule has 2 fully saturated rings. The van der Waals surface area contributed by atoms with Crippen molar-refractivity contribution in [2.45, 2.75) is 70.4 Å². The summed E-state index contributed by atoms with van der Waals surface area (Å²) in [6, 6.07) is 9.22. The van der Waals surface area contributed by atoms with E-state index in [1.807, 2.05) is 6.92 Å². The van der Waals surface area contributed by atoms with E-state index in [0.717, 1.165) is 12.8 Å². The fraction of sp³-hybridized carbons (Fsp3) is 0.647. The van der Waals surface area contributed by atoms with Crippen LogP contribution in [0, 0.1) is 0 Å². The summed E-state index contributed by atoms with van der Waals surface area (Å²) in [5.74, 6) is 0.460. The maximum absolute atomic E-state index is 5.78. The Labute approximate surface area is 116 Å². The molecule has 1 aromatic carbocycles. The van der Waals surface area contributed by atoms with Crippen LogP contribution in [0.3, 0.4) is 0 Å². The number of aryl methyl sites for hydroxylation is 1. The van der Waals surface area contributed by atoms with Gasteiger partial charge in [0.15, 0.2) is 12.1 Å². The molecule has 1 aliphatic heterocycles. The van der Waals surface area contributed by atoms with Crippen LogP contribution in [0.15, 0.2) is 24.3 Å². The van der Waals surface area contributed by atoms with Crippen molar-refractivity contribution in [1.29, 1.82) is 0 Å². The van der Waals surface area contributed by atoms with Crippen LogP contribution in [-0.2, 0) is 15.9 Å². The van der Waals surface area contributed by atoms with Gasteiger partial charge in [-0.15, -0.1) is 0 Å². The van der Waals surface area contributed by atoms with Gasteiger partial charge >= 0.3 is 0 Å². The van der Waals surface area contributed by atoms with E-state index in [2.05, 4.69) is 31.2 Å². The van der Waals surface area contributed by atoms with E-state index in [4.69, 9.17) is 9.47 Å². The predicted molar refractivity (Wildman–Crippen MR) is 76.0 cm³/mol. The molecule has 2 heteroatoms. The molecule has 0 N–H and O–H groups in total. The maximum Gasteiger partial charge on any atom is 0.174 e. The topological polar surface area (TPSA) is 18.5 Å². The molecule has 1 saturated heterocycles. The average molecular weight is 260 g/mol. The summed E-state index contributed by atoms with van der Waals surface area (Å²) in [6.07, 6.45) is 6.85. The summed E-state index contributed by atoms with van der Waals surface area (Å²) in [4.78, 5) is 0. The number of rotatable bonds is 3. The summed E-state index contributed by atoms with van der Waals surface area (Å²) in [7, 11) is 0. The molecule has 1 saturated carbocycles. The van der Waals surface area contributed by atoms with Gasteiger partial charge in [0.1, 0.15) is 0 Å². The van der Waals surface area contributed by atoms with E-state index in [-0.39, 0.29) is 12.1 Å². The first-order valence-corrected chi connectivity index (χ1v) is 7.65. The average Bonchev–Trinajstić information content (AvgIpc) is 2.40. The third kappa shape index (κ3) is 2.70. The minimum atomic E-state index is -0.224. The number of benzene rings is 1. The van der Waals surface area contributed by atoms with Gasteiger partial charge in [-0.2, -0.15) is 0 Å². The second-order valence-electron chi connectivity index (χ2n) is 5.98. The molecule has 0 atom stereocenters. The van der Waals surface area contributed by atoms with Gasteiger partial charge in [-0.25, -0.2) is 0 Å². The number of ether oxygens (including phenoxy) is 2. The summed E-state index contributed by atoms with van der Waals surface area (Å²) >= 11 is 0. The lowest BCUT2D eigenvalue weighted by molar-refractivity contribution is -0.453. The van der Waals surface area contributed by atoms with Gasteiger partial charge in [-0.05, 0) is 43.2 Å². The van der Waals surface area contributed by atoms with E-state index in [1.165, 1.54) is 36.8 Å².